The summed E-state index contributed by atoms with van der Waals surface area (Å²) in [4.78, 5) is 0. The summed E-state index contributed by atoms with van der Waals surface area (Å²) >= 11 is 0. The van der Waals surface area contributed by atoms with Crippen LogP contribution in [0.25, 0.3) is 5.69 Å². The fourth-order valence-corrected chi connectivity index (χ4v) is 3.12. The van der Waals surface area contributed by atoms with Crippen molar-refractivity contribution in [3.8, 4) is 11.4 Å². The van der Waals surface area contributed by atoms with Crippen molar-refractivity contribution >= 4 is 0 Å². The number of aromatic nitrogens is 2. The molecular formula is C16H21N3O. The largest absolute Gasteiger partial charge is 0.494 e. The molecule has 1 aromatic carbocycles. The molecule has 4 nitrogen and oxygen atoms in total. The fraction of sp³-hybridized carbons (Fsp3) is 0.438. The van der Waals surface area contributed by atoms with Crippen LogP contribution in [0.3, 0.4) is 0 Å². The van der Waals surface area contributed by atoms with E-state index in [0.29, 0.717) is 0 Å². The average Bonchev–Trinajstić information content (AvgIpc) is 2.81. The van der Waals surface area contributed by atoms with E-state index in [1.807, 2.05) is 35.1 Å². The number of nitrogens with two attached hydrogens (primary N) is 1. The van der Waals surface area contributed by atoms with Gasteiger partial charge in [-0.15, -0.1) is 0 Å². The maximum atomic E-state index is 6.30. The molecule has 1 aromatic heterocycles. The standard InChI is InChI=1S/C16H21N3O/c1-16(2)8-12(17)11-10-18-19(14(11)9-16)13-6-4-5-7-15(13)20-3/h4-7,10,12H,8-9,17H2,1-3H3. The molecule has 3 rings (SSSR count). The van der Waals surface area contributed by atoms with Gasteiger partial charge >= 0.3 is 0 Å². The summed E-state index contributed by atoms with van der Waals surface area (Å²) in [5.41, 5.74) is 9.84. The lowest BCUT2D eigenvalue weighted by atomic mass is 9.74. The Morgan fingerprint density at radius 1 is 1.35 bits per heavy atom. The van der Waals surface area contributed by atoms with Crippen molar-refractivity contribution in [3.63, 3.8) is 0 Å². The number of fused-ring (bicyclic) bond motifs is 1. The molecule has 1 aliphatic carbocycles. The van der Waals surface area contributed by atoms with Crippen LogP contribution in [0.5, 0.6) is 5.75 Å². The number of hydrogen-bond acceptors (Lipinski definition) is 3. The third kappa shape index (κ3) is 2.10. The van der Waals surface area contributed by atoms with Gasteiger partial charge in [-0.2, -0.15) is 5.10 Å². The number of methoxy groups -OCH3 is 1. The van der Waals surface area contributed by atoms with E-state index in [1.54, 1.807) is 7.11 Å². The van der Waals surface area contributed by atoms with Gasteiger partial charge < -0.3 is 10.5 Å². The Morgan fingerprint density at radius 2 is 2.10 bits per heavy atom. The van der Waals surface area contributed by atoms with Gasteiger partial charge in [-0.25, -0.2) is 4.68 Å². The summed E-state index contributed by atoms with van der Waals surface area (Å²) in [5.74, 6) is 0.829. The molecule has 20 heavy (non-hydrogen) atoms. The maximum absolute atomic E-state index is 6.30. The molecule has 0 fully saturated rings. The summed E-state index contributed by atoms with van der Waals surface area (Å²) in [6.07, 6.45) is 3.88. The minimum absolute atomic E-state index is 0.0669. The topological polar surface area (TPSA) is 53.1 Å². The van der Waals surface area contributed by atoms with Gasteiger partial charge in [0.2, 0.25) is 0 Å². The maximum Gasteiger partial charge on any atom is 0.144 e. The quantitative estimate of drug-likeness (QED) is 0.913. The average molecular weight is 271 g/mol. The van der Waals surface area contributed by atoms with Crippen LogP contribution in [-0.2, 0) is 6.42 Å². The van der Waals surface area contributed by atoms with Crippen molar-refractivity contribution in [1.82, 2.24) is 9.78 Å². The van der Waals surface area contributed by atoms with Gasteiger partial charge in [0.25, 0.3) is 0 Å². The van der Waals surface area contributed by atoms with Crippen LogP contribution in [0, 0.1) is 5.41 Å². The molecule has 1 atom stereocenters. The van der Waals surface area contributed by atoms with Crippen LogP contribution in [0.4, 0.5) is 0 Å². The highest BCUT2D eigenvalue weighted by Gasteiger charge is 2.33. The monoisotopic (exact) mass is 271 g/mol. The van der Waals surface area contributed by atoms with Gasteiger partial charge in [0, 0.05) is 17.3 Å². The van der Waals surface area contributed by atoms with Gasteiger partial charge in [-0.1, -0.05) is 26.0 Å². The Balaban J connectivity index is 2.13. The lowest BCUT2D eigenvalue weighted by Crippen LogP contribution is -2.30. The smallest absolute Gasteiger partial charge is 0.144 e. The molecule has 0 radical (unpaired) electrons. The zero-order valence-corrected chi connectivity index (χ0v) is 12.3. The van der Waals surface area contributed by atoms with E-state index in [4.69, 9.17) is 10.5 Å². The van der Waals surface area contributed by atoms with Gasteiger partial charge in [0.05, 0.1) is 13.3 Å². The van der Waals surface area contributed by atoms with Gasteiger partial charge in [-0.05, 0) is 30.4 Å². The van der Waals surface area contributed by atoms with Crippen molar-refractivity contribution < 1.29 is 4.74 Å². The predicted molar refractivity (Wildman–Crippen MR) is 79.1 cm³/mol. The molecule has 1 aliphatic rings. The predicted octanol–water partition coefficient (Wildman–Crippen LogP) is 2.85. The third-order valence-corrected chi connectivity index (χ3v) is 4.03. The second kappa shape index (κ2) is 4.63. The van der Waals surface area contributed by atoms with Crippen LogP contribution < -0.4 is 10.5 Å². The summed E-state index contributed by atoms with van der Waals surface area (Å²) in [5, 5.41) is 4.55. The summed E-state index contributed by atoms with van der Waals surface area (Å²) in [6, 6.07) is 8.02. The number of nitrogens with zero attached hydrogens (tertiary/aromatic N) is 2. The molecular weight excluding hydrogens is 250 g/mol. The Hall–Kier alpha value is -1.81. The molecule has 0 bridgehead atoms. The second-order valence-corrected chi connectivity index (χ2v) is 6.28. The highest BCUT2D eigenvalue weighted by atomic mass is 16.5. The fourth-order valence-electron chi connectivity index (χ4n) is 3.12. The molecule has 106 valence electrons. The van der Waals surface area contributed by atoms with Crippen LogP contribution in [-0.4, -0.2) is 16.9 Å². The molecule has 2 N–H and O–H groups in total. The molecule has 0 spiro atoms. The van der Waals surface area contributed by atoms with Gasteiger partial charge in [0.15, 0.2) is 0 Å². The second-order valence-electron chi connectivity index (χ2n) is 6.28. The first-order chi connectivity index (χ1) is 9.52. The van der Waals surface area contributed by atoms with Crippen molar-refractivity contribution in [2.24, 2.45) is 11.1 Å². The lowest BCUT2D eigenvalue weighted by molar-refractivity contribution is 0.277. The van der Waals surface area contributed by atoms with E-state index in [-0.39, 0.29) is 11.5 Å². The first-order valence-corrected chi connectivity index (χ1v) is 6.97. The molecule has 4 heteroatoms. The van der Waals surface area contributed by atoms with Crippen molar-refractivity contribution in [3.05, 3.63) is 41.7 Å². The van der Waals surface area contributed by atoms with Crippen LogP contribution in [0.15, 0.2) is 30.5 Å². The van der Waals surface area contributed by atoms with Crippen molar-refractivity contribution in [2.45, 2.75) is 32.7 Å². The number of ether oxygens (including phenoxy) is 1. The first kappa shape index (κ1) is 13.2. The van der Waals surface area contributed by atoms with E-state index < -0.39 is 0 Å². The van der Waals surface area contributed by atoms with Crippen molar-refractivity contribution in [2.75, 3.05) is 7.11 Å². The van der Waals surface area contributed by atoms with Crippen LogP contribution >= 0.6 is 0 Å². The van der Waals surface area contributed by atoms with Crippen LogP contribution in [0.1, 0.15) is 37.6 Å². The van der Waals surface area contributed by atoms with Gasteiger partial charge in [0.1, 0.15) is 11.4 Å². The Bertz CT molecular complexity index is 630. The number of hydrogen-bond donors (Lipinski definition) is 1. The van der Waals surface area contributed by atoms with E-state index in [1.165, 1.54) is 5.69 Å². The molecule has 0 amide bonds. The molecule has 0 aliphatic heterocycles. The number of para-hydroxylation sites is 2. The normalized spacial score (nSPS) is 20.5. The van der Waals surface area contributed by atoms with E-state index >= 15 is 0 Å². The summed E-state index contributed by atoms with van der Waals surface area (Å²) < 4.78 is 7.43. The minimum Gasteiger partial charge on any atom is -0.494 e. The molecule has 2 aromatic rings. The Labute approximate surface area is 119 Å². The minimum atomic E-state index is 0.0669. The summed E-state index contributed by atoms with van der Waals surface area (Å²) in [7, 11) is 1.68. The zero-order chi connectivity index (χ0) is 14.3. The van der Waals surface area contributed by atoms with E-state index in [9.17, 15) is 0 Å². The number of benzene rings is 1. The molecule has 1 heterocycles. The van der Waals surface area contributed by atoms with E-state index in [0.717, 1.165) is 29.8 Å². The highest BCUT2D eigenvalue weighted by molar-refractivity contribution is 5.48. The lowest BCUT2D eigenvalue weighted by Gasteiger charge is -2.33. The first-order valence-electron chi connectivity index (χ1n) is 6.97. The Morgan fingerprint density at radius 3 is 2.85 bits per heavy atom. The SMILES string of the molecule is COc1ccccc1-n1ncc2c1CC(C)(C)CC2N. The zero-order valence-electron chi connectivity index (χ0n) is 12.3. The third-order valence-electron chi connectivity index (χ3n) is 4.03. The molecule has 0 saturated heterocycles. The van der Waals surface area contributed by atoms with Crippen molar-refractivity contribution in [1.29, 1.82) is 0 Å². The number of rotatable bonds is 2. The van der Waals surface area contributed by atoms with Crippen LogP contribution in [0.2, 0.25) is 0 Å². The van der Waals surface area contributed by atoms with E-state index in [2.05, 4.69) is 18.9 Å². The summed E-state index contributed by atoms with van der Waals surface area (Å²) in [6.45, 7) is 4.52. The highest BCUT2D eigenvalue weighted by Crippen LogP contribution is 2.40. The Kier molecular flexibility index (Phi) is 3.05. The van der Waals surface area contributed by atoms with Gasteiger partial charge in [-0.3, -0.25) is 0 Å². The molecule has 1 unspecified atom stereocenters. The molecule has 0 saturated carbocycles.